The number of methoxy groups -OCH3 is 2. The van der Waals surface area contributed by atoms with Crippen LogP contribution < -0.4 is 0 Å². The molecular formula is C10H20O2. The van der Waals surface area contributed by atoms with Gasteiger partial charge >= 0.3 is 0 Å². The van der Waals surface area contributed by atoms with E-state index >= 15 is 0 Å². The van der Waals surface area contributed by atoms with Gasteiger partial charge in [-0.3, -0.25) is 0 Å². The Morgan fingerprint density at radius 2 is 1.83 bits per heavy atom. The van der Waals surface area contributed by atoms with Gasteiger partial charge in [0.1, 0.15) is 0 Å². The van der Waals surface area contributed by atoms with Gasteiger partial charge in [-0.25, -0.2) is 0 Å². The summed E-state index contributed by atoms with van der Waals surface area (Å²) >= 11 is 0. The maximum atomic E-state index is 5.36. The molecule has 0 saturated heterocycles. The normalized spacial score (nSPS) is 35.8. The van der Waals surface area contributed by atoms with Crippen molar-refractivity contribution in [2.45, 2.75) is 32.3 Å². The van der Waals surface area contributed by atoms with E-state index in [2.05, 4.69) is 6.92 Å². The molecule has 0 spiro atoms. The Labute approximate surface area is 75.2 Å². The van der Waals surface area contributed by atoms with Gasteiger partial charge in [0.25, 0.3) is 0 Å². The van der Waals surface area contributed by atoms with Gasteiger partial charge in [-0.1, -0.05) is 13.3 Å². The smallest absolute Gasteiger partial charge is 0.0577 e. The van der Waals surface area contributed by atoms with E-state index in [1.807, 2.05) is 7.11 Å². The predicted octanol–water partition coefficient (Wildman–Crippen LogP) is 2.08. The van der Waals surface area contributed by atoms with Crippen molar-refractivity contribution in [1.29, 1.82) is 0 Å². The highest BCUT2D eigenvalue weighted by Gasteiger charge is 2.32. The fourth-order valence-corrected chi connectivity index (χ4v) is 2.27. The number of rotatable bonds is 4. The van der Waals surface area contributed by atoms with Crippen LogP contribution in [-0.4, -0.2) is 26.9 Å². The molecule has 0 aliphatic heterocycles. The highest BCUT2D eigenvalue weighted by molar-refractivity contribution is 4.83. The average molecular weight is 172 g/mol. The van der Waals surface area contributed by atoms with Crippen LogP contribution in [0.5, 0.6) is 0 Å². The van der Waals surface area contributed by atoms with Crippen LogP contribution in [0.25, 0.3) is 0 Å². The maximum Gasteiger partial charge on any atom is 0.0577 e. The Balaban J connectivity index is 2.39. The summed E-state index contributed by atoms with van der Waals surface area (Å²) in [4.78, 5) is 0. The van der Waals surface area contributed by atoms with Crippen molar-refractivity contribution in [3.8, 4) is 0 Å². The summed E-state index contributed by atoms with van der Waals surface area (Å²) in [7, 11) is 3.60. The molecule has 0 aromatic heterocycles. The second kappa shape index (κ2) is 4.83. The van der Waals surface area contributed by atoms with Gasteiger partial charge in [-0.2, -0.15) is 0 Å². The summed E-state index contributed by atoms with van der Waals surface area (Å²) in [5.74, 6) is 1.54. The molecule has 0 aromatic carbocycles. The fraction of sp³-hybridized carbons (Fsp3) is 1.00. The van der Waals surface area contributed by atoms with Crippen molar-refractivity contribution >= 4 is 0 Å². The van der Waals surface area contributed by atoms with E-state index in [9.17, 15) is 0 Å². The lowest BCUT2D eigenvalue weighted by Crippen LogP contribution is -2.12. The van der Waals surface area contributed by atoms with Gasteiger partial charge < -0.3 is 9.47 Å². The second-order valence-electron chi connectivity index (χ2n) is 3.71. The van der Waals surface area contributed by atoms with E-state index < -0.39 is 0 Å². The minimum absolute atomic E-state index is 0.482. The molecule has 0 bridgehead atoms. The predicted molar refractivity (Wildman–Crippen MR) is 49.2 cm³/mol. The molecule has 72 valence electrons. The molecule has 0 heterocycles. The van der Waals surface area contributed by atoms with Gasteiger partial charge in [0.2, 0.25) is 0 Å². The Morgan fingerprint density at radius 3 is 2.33 bits per heavy atom. The zero-order chi connectivity index (χ0) is 8.97. The van der Waals surface area contributed by atoms with Gasteiger partial charge in [0, 0.05) is 20.8 Å². The molecule has 0 aromatic rings. The summed E-state index contributed by atoms with van der Waals surface area (Å²) in [6.45, 7) is 3.16. The monoisotopic (exact) mass is 172 g/mol. The lowest BCUT2D eigenvalue weighted by molar-refractivity contribution is 0.0946. The molecule has 0 N–H and O–H groups in total. The molecule has 1 unspecified atom stereocenters. The van der Waals surface area contributed by atoms with Crippen molar-refractivity contribution in [3.63, 3.8) is 0 Å². The highest BCUT2D eigenvalue weighted by atomic mass is 16.5. The fourth-order valence-electron chi connectivity index (χ4n) is 2.27. The van der Waals surface area contributed by atoms with E-state index in [1.165, 1.54) is 19.3 Å². The van der Waals surface area contributed by atoms with Crippen LogP contribution in [0.1, 0.15) is 26.2 Å². The van der Waals surface area contributed by atoms with Crippen molar-refractivity contribution in [2.75, 3.05) is 20.8 Å². The van der Waals surface area contributed by atoms with Gasteiger partial charge in [-0.15, -0.1) is 0 Å². The SMILES string of the molecule is CC[C@@H]1CC(OC)C[C@@H]1COC. The Morgan fingerprint density at radius 1 is 1.17 bits per heavy atom. The third-order valence-corrected chi connectivity index (χ3v) is 3.04. The van der Waals surface area contributed by atoms with Gasteiger partial charge in [0.05, 0.1) is 6.10 Å². The maximum absolute atomic E-state index is 5.36. The summed E-state index contributed by atoms with van der Waals surface area (Å²) < 4.78 is 10.6. The summed E-state index contributed by atoms with van der Waals surface area (Å²) in [5.41, 5.74) is 0. The molecule has 1 aliphatic carbocycles. The lowest BCUT2D eigenvalue weighted by atomic mass is 9.95. The van der Waals surface area contributed by atoms with Crippen molar-refractivity contribution < 1.29 is 9.47 Å². The third kappa shape index (κ3) is 2.20. The zero-order valence-corrected chi connectivity index (χ0v) is 8.38. The molecular weight excluding hydrogens is 152 g/mol. The molecule has 12 heavy (non-hydrogen) atoms. The molecule has 1 rings (SSSR count). The van der Waals surface area contributed by atoms with E-state index in [4.69, 9.17) is 9.47 Å². The minimum atomic E-state index is 0.482. The quantitative estimate of drug-likeness (QED) is 0.646. The average Bonchev–Trinajstić information content (AvgIpc) is 2.48. The molecule has 1 aliphatic rings. The van der Waals surface area contributed by atoms with E-state index in [-0.39, 0.29) is 0 Å². The van der Waals surface area contributed by atoms with Crippen LogP contribution in [0.4, 0.5) is 0 Å². The number of hydrogen-bond donors (Lipinski definition) is 0. The first kappa shape index (κ1) is 10.0. The van der Waals surface area contributed by atoms with Gasteiger partial charge in [-0.05, 0) is 24.7 Å². The molecule has 1 saturated carbocycles. The Bertz CT molecular complexity index is 125. The Kier molecular flexibility index (Phi) is 4.02. The molecule has 2 nitrogen and oxygen atoms in total. The minimum Gasteiger partial charge on any atom is -0.384 e. The molecule has 0 radical (unpaired) electrons. The highest BCUT2D eigenvalue weighted by Crippen LogP contribution is 2.35. The van der Waals surface area contributed by atoms with Crippen LogP contribution >= 0.6 is 0 Å². The number of hydrogen-bond acceptors (Lipinski definition) is 2. The molecule has 2 heteroatoms. The van der Waals surface area contributed by atoms with Crippen LogP contribution in [0.2, 0.25) is 0 Å². The van der Waals surface area contributed by atoms with Crippen molar-refractivity contribution in [3.05, 3.63) is 0 Å². The first-order chi connectivity index (χ1) is 5.81. The first-order valence-electron chi connectivity index (χ1n) is 4.83. The molecule has 3 atom stereocenters. The second-order valence-corrected chi connectivity index (χ2v) is 3.71. The summed E-state index contributed by atoms with van der Waals surface area (Å²) in [6.07, 6.45) is 4.15. The summed E-state index contributed by atoms with van der Waals surface area (Å²) in [5, 5.41) is 0. The Hall–Kier alpha value is -0.0800. The number of ether oxygens (including phenoxy) is 2. The summed E-state index contributed by atoms with van der Waals surface area (Å²) in [6, 6.07) is 0. The van der Waals surface area contributed by atoms with E-state index in [0.29, 0.717) is 6.10 Å². The standard InChI is InChI=1S/C10H20O2/c1-4-8-5-10(12-3)6-9(8)7-11-2/h8-10H,4-7H2,1-3H3/t8-,9-,10?/m1/s1. The lowest BCUT2D eigenvalue weighted by Gasteiger charge is -2.15. The van der Waals surface area contributed by atoms with Crippen LogP contribution in [0, 0.1) is 11.8 Å². The van der Waals surface area contributed by atoms with Crippen molar-refractivity contribution in [1.82, 2.24) is 0 Å². The van der Waals surface area contributed by atoms with E-state index in [0.717, 1.165) is 18.4 Å². The van der Waals surface area contributed by atoms with E-state index in [1.54, 1.807) is 7.11 Å². The van der Waals surface area contributed by atoms with Crippen LogP contribution in [0.15, 0.2) is 0 Å². The topological polar surface area (TPSA) is 18.5 Å². The van der Waals surface area contributed by atoms with Crippen molar-refractivity contribution in [2.24, 2.45) is 11.8 Å². The molecule has 0 amide bonds. The third-order valence-electron chi connectivity index (χ3n) is 3.04. The molecule has 1 fully saturated rings. The van der Waals surface area contributed by atoms with Gasteiger partial charge in [0.15, 0.2) is 0 Å². The van der Waals surface area contributed by atoms with Crippen LogP contribution in [-0.2, 0) is 9.47 Å². The first-order valence-corrected chi connectivity index (χ1v) is 4.83. The van der Waals surface area contributed by atoms with Crippen LogP contribution in [0.3, 0.4) is 0 Å². The zero-order valence-electron chi connectivity index (χ0n) is 8.38. The largest absolute Gasteiger partial charge is 0.384 e.